The number of carbonyl (C=O) groups excluding carboxylic acids is 1. The van der Waals surface area contributed by atoms with E-state index in [0.29, 0.717) is 6.42 Å². The second kappa shape index (κ2) is 9.30. The van der Waals surface area contributed by atoms with Crippen LogP contribution in [0.2, 0.25) is 0 Å². The first-order chi connectivity index (χ1) is 14.3. The van der Waals surface area contributed by atoms with Crippen LogP contribution in [0.4, 0.5) is 5.69 Å². The summed E-state index contributed by atoms with van der Waals surface area (Å²) in [7, 11) is 0. The Kier molecular flexibility index (Phi) is 6.13. The van der Waals surface area contributed by atoms with Gasteiger partial charge in [0.05, 0.1) is 5.69 Å². The quantitative estimate of drug-likeness (QED) is 0.389. The van der Waals surface area contributed by atoms with E-state index in [1.807, 2.05) is 60.7 Å². The molecule has 3 aromatic carbocycles. The molecule has 1 amide bonds. The summed E-state index contributed by atoms with van der Waals surface area (Å²) >= 11 is 1.63. The Hall–Kier alpha value is -3.24. The number of nitrogens with zero attached hydrogens (tertiary/aromatic N) is 1. The standard InChI is InChI=1S/C25H22N2OS/c28-24(16-7-11-19-9-3-1-4-10-19)26-22-15-8-14-21(17-22)23-18-29-25(27-23)20-12-5-2-6-13-20/h1-6,8-10,12-15,17-18H,7,11,16H2,(H,26,28). The predicted octanol–water partition coefficient (Wildman–Crippen LogP) is 6.44. The molecule has 0 spiro atoms. The minimum atomic E-state index is 0.0429. The molecule has 0 atom stereocenters. The van der Waals surface area contributed by atoms with Crippen LogP contribution in [0.25, 0.3) is 21.8 Å². The first kappa shape index (κ1) is 19.1. The van der Waals surface area contributed by atoms with Crippen molar-refractivity contribution in [1.29, 1.82) is 0 Å². The summed E-state index contributed by atoms with van der Waals surface area (Å²) in [6, 6.07) is 28.3. The lowest BCUT2D eigenvalue weighted by atomic mass is 10.1. The molecular weight excluding hydrogens is 376 g/mol. The van der Waals surface area contributed by atoms with Gasteiger partial charge in [-0.05, 0) is 30.5 Å². The second-order valence-corrected chi connectivity index (χ2v) is 7.73. The molecule has 0 aliphatic heterocycles. The molecule has 0 aliphatic carbocycles. The summed E-state index contributed by atoms with van der Waals surface area (Å²) in [5, 5.41) is 6.07. The van der Waals surface area contributed by atoms with Crippen molar-refractivity contribution in [3.05, 3.63) is 95.9 Å². The van der Waals surface area contributed by atoms with Gasteiger partial charge in [-0.2, -0.15) is 0 Å². The number of thiazole rings is 1. The van der Waals surface area contributed by atoms with Crippen molar-refractivity contribution in [2.75, 3.05) is 5.32 Å². The van der Waals surface area contributed by atoms with E-state index in [4.69, 9.17) is 4.98 Å². The van der Waals surface area contributed by atoms with Gasteiger partial charge in [-0.1, -0.05) is 72.8 Å². The van der Waals surface area contributed by atoms with E-state index in [9.17, 15) is 4.79 Å². The molecule has 0 bridgehead atoms. The summed E-state index contributed by atoms with van der Waals surface area (Å²) in [6.45, 7) is 0. The molecule has 1 heterocycles. The molecule has 29 heavy (non-hydrogen) atoms. The number of hydrogen-bond acceptors (Lipinski definition) is 3. The maximum atomic E-state index is 12.3. The van der Waals surface area contributed by atoms with Gasteiger partial charge >= 0.3 is 0 Å². The molecule has 144 valence electrons. The highest BCUT2D eigenvalue weighted by Gasteiger charge is 2.08. The maximum Gasteiger partial charge on any atom is 0.224 e. The average Bonchev–Trinajstić information content (AvgIpc) is 3.26. The monoisotopic (exact) mass is 398 g/mol. The van der Waals surface area contributed by atoms with Crippen LogP contribution in [0, 0.1) is 0 Å². The molecule has 4 rings (SSSR count). The van der Waals surface area contributed by atoms with Gasteiger partial charge in [0.25, 0.3) is 0 Å². The fraction of sp³-hybridized carbons (Fsp3) is 0.120. The minimum absolute atomic E-state index is 0.0429. The Labute approximate surface area is 175 Å². The topological polar surface area (TPSA) is 42.0 Å². The number of carbonyl (C=O) groups is 1. The minimum Gasteiger partial charge on any atom is -0.326 e. The van der Waals surface area contributed by atoms with E-state index in [2.05, 4.69) is 35.0 Å². The lowest BCUT2D eigenvalue weighted by Crippen LogP contribution is -2.11. The lowest BCUT2D eigenvalue weighted by molar-refractivity contribution is -0.116. The van der Waals surface area contributed by atoms with Gasteiger partial charge in [-0.25, -0.2) is 4.98 Å². The highest BCUT2D eigenvalue weighted by molar-refractivity contribution is 7.13. The third-order valence-electron chi connectivity index (χ3n) is 4.68. The fourth-order valence-electron chi connectivity index (χ4n) is 3.20. The molecule has 0 unspecified atom stereocenters. The van der Waals surface area contributed by atoms with Gasteiger partial charge in [0.2, 0.25) is 5.91 Å². The van der Waals surface area contributed by atoms with Gasteiger partial charge in [-0.3, -0.25) is 4.79 Å². The van der Waals surface area contributed by atoms with E-state index in [1.165, 1.54) is 5.56 Å². The summed E-state index contributed by atoms with van der Waals surface area (Å²) in [4.78, 5) is 17.1. The molecule has 1 N–H and O–H groups in total. The van der Waals surface area contributed by atoms with E-state index in [0.717, 1.165) is 40.4 Å². The van der Waals surface area contributed by atoms with E-state index >= 15 is 0 Å². The number of aryl methyl sites for hydroxylation is 1. The van der Waals surface area contributed by atoms with Gasteiger partial charge in [0.15, 0.2) is 0 Å². The highest BCUT2D eigenvalue weighted by Crippen LogP contribution is 2.29. The van der Waals surface area contributed by atoms with Gasteiger partial charge in [0.1, 0.15) is 5.01 Å². The van der Waals surface area contributed by atoms with Crippen molar-refractivity contribution in [2.24, 2.45) is 0 Å². The smallest absolute Gasteiger partial charge is 0.224 e. The molecule has 0 saturated carbocycles. The summed E-state index contributed by atoms with van der Waals surface area (Å²) in [5.74, 6) is 0.0429. The van der Waals surface area contributed by atoms with Crippen molar-refractivity contribution in [3.8, 4) is 21.8 Å². The number of nitrogens with one attached hydrogen (secondary N) is 1. The molecular formula is C25H22N2OS. The van der Waals surface area contributed by atoms with Gasteiger partial charge < -0.3 is 5.32 Å². The number of benzene rings is 3. The van der Waals surface area contributed by atoms with Crippen LogP contribution in [0.15, 0.2) is 90.3 Å². The molecule has 0 aliphatic rings. The number of amides is 1. The Morgan fingerprint density at radius 3 is 2.38 bits per heavy atom. The molecule has 4 heteroatoms. The van der Waals surface area contributed by atoms with Crippen molar-refractivity contribution >= 4 is 22.9 Å². The molecule has 0 saturated heterocycles. The highest BCUT2D eigenvalue weighted by atomic mass is 32.1. The number of aromatic nitrogens is 1. The van der Waals surface area contributed by atoms with Crippen LogP contribution >= 0.6 is 11.3 Å². The Bertz CT molecular complexity index is 1070. The summed E-state index contributed by atoms with van der Waals surface area (Å²) < 4.78 is 0. The summed E-state index contributed by atoms with van der Waals surface area (Å²) in [5.41, 5.74) is 5.12. The summed E-state index contributed by atoms with van der Waals surface area (Å²) in [6.07, 6.45) is 2.26. The van der Waals surface area contributed by atoms with E-state index in [1.54, 1.807) is 11.3 Å². The maximum absolute atomic E-state index is 12.3. The van der Waals surface area contributed by atoms with Crippen molar-refractivity contribution in [2.45, 2.75) is 19.3 Å². The zero-order valence-electron chi connectivity index (χ0n) is 16.0. The van der Waals surface area contributed by atoms with Gasteiger partial charge in [-0.15, -0.1) is 11.3 Å². The van der Waals surface area contributed by atoms with Crippen LogP contribution in [0.1, 0.15) is 18.4 Å². The molecule has 0 radical (unpaired) electrons. The molecule has 1 aromatic heterocycles. The molecule has 4 aromatic rings. The van der Waals surface area contributed by atoms with Crippen molar-refractivity contribution < 1.29 is 4.79 Å². The largest absolute Gasteiger partial charge is 0.326 e. The average molecular weight is 399 g/mol. The van der Waals surface area contributed by atoms with E-state index in [-0.39, 0.29) is 5.91 Å². The second-order valence-electron chi connectivity index (χ2n) is 6.87. The number of anilines is 1. The Morgan fingerprint density at radius 1 is 0.862 bits per heavy atom. The Balaban J connectivity index is 1.37. The van der Waals surface area contributed by atoms with Crippen LogP contribution in [0.5, 0.6) is 0 Å². The zero-order valence-corrected chi connectivity index (χ0v) is 16.9. The fourth-order valence-corrected chi connectivity index (χ4v) is 4.03. The van der Waals surface area contributed by atoms with Gasteiger partial charge in [0, 0.05) is 28.6 Å². The lowest BCUT2D eigenvalue weighted by Gasteiger charge is -2.07. The number of hydrogen-bond donors (Lipinski definition) is 1. The van der Waals surface area contributed by atoms with Crippen LogP contribution < -0.4 is 5.32 Å². The third-order valence-corrected chi connectivity index (χ3v) is 5.57. The molecule has 3 nitrogen and oxygen atoms in total. The van der Waals surface area contributed by atoms with Crippen molar-refractivity contribution in [1.82, 2.24) is 4.98 Å². The Morgan fingerprint density at radius 2 is 1.59 bits per heavy atom. The number of rotatable bonds is 7. The molecule has 0 fully saturated rings. The first-order valence-corrected chi connectivity index (χ1v) is 10.6. The van der Waals surface area contributed by atoms with Crippen molar-refractivity contribution in [3.63, 3.8) is 0 Å². The normalized spacial score (nSPS) is 10.6. The third kappa shape index (κ3) is 5.18. The predicted molar refractivity (Wildman–Crippen MR) is 121 cm³/mol. The van der Waals surface area contributed by atoms with Crippen LogP contribution in [-0.4, -0.2) is 10.9 Å². The van der Waals surface area contributed by atoms with E-state index < -0.39 is 0 Å². The first-order valence-electron chi connectivity index (χ1n) is 9.73. The van der Waals surface area contributed by atoms with Crippen LogP contribution in [-0.2, 0) is 11.2 Å². The van der Waals surface area contributed by atoms with Crippen LogP contribution in [0.3, 0.4) is 0 Å². The SMILES string of the molecule is O=C(CCCc1ccccc1)Nc1cccc(-c2csc(-c3ccccc3)n2)c1. The zero-order chi connectivity index (χ0) is 19.9.